The van der Waals surface area contributed by atoms with Crippen LogP contribution < -0.4 is 5.32 Å². The quantitative estimate of drug-likeness (QED) is 0.908. The molecule has 1 unspecified atom stereocenters. The Morgan fingerprint density at radius 3 is 2.65 bits per heavy atom. The van der Waals surface area contributed by atoms with Crippen molar-refractivity contribution in [3.8, 4) is 0 Å². The first-order valence-electron chi connectivity index (χ1n) is 7.18. The van der Waals surface area contributed by atoms with Gasteiger partial charge in [0.25, 0.3) is 0 Å². The number of nitrogens with zero attached hydrogens (tertiary/aromatic N) is 1. The zero-order chi connectivity index (χ0) is 14.3. The molecule has 2 heterocycles. The first-order chi connectivity index (χ1) is 9.53. The second-order valence-corrected chi connectivity index (χ2v) is 6.71. The third-order valence-corrected chi connectivity index (χ3v) is 5.55. The van der Waals surface area contributed by atoms with E-state index in [9.17, 15) is 9.59 Å². The minimum absolute atomic E-state index is 0.0145. The van der Waals surface area contributed by atoms with Gasteiger partial charge in [-0.15, -0.1) is 0 Å². The van der Waals surface area contributed by atoms with Crippen LogP contribution in [0, 0.1) is 6.92 Å². The van der Waals surface area contributed by atoms with Crippen molar-refractivity contribution >= 4 is 23.2 Å². The van der Waals surface area contributed by atoms with Gasteiger partial charge in [0.15, 0.2) is 0 Å². The van der Waals surface area contributed by atoms with Crippen molar-refractivity contribution in [1.29, 1.82) is 0 Å². The minimum Gasteiger partial charge on any atom is -0.340 e. The second kappa shape index (κ2) is 4.88. The van der Waals surface area contributed by atoms with Gasteiger partial charge in [0, 0.05) is 6.54 Å². The molecule has 1 aliphatic carbocycles. The lowest BCUT2D eigenvalue weighted by molar-refractivity contribution is -0.154. The summed E-state index contributed by atoms with van der Waals surface area (Å²) in [6.45, 7) is 4.41. The van der Waals surface area contributed by atoms with Crippen LogP contribution in [0.4, 0.5) is 0 Å². The number of rotatable bonds is 2. The van der Waals surface area contributed by atoms with Crippen molar-refractivity contribution in [3.63, 3.8) is 0 Å². The lowest BCUT2D eigenvalue weighted by Crippen LogP contribution is -2.68. The topological polar surface area (TPSA) is 49.4 Å². The molecule has 1 spiro atoms. The zero-order valence-corrected chi connectivity index (χ0v) is 12.8. The largest absolute Gasteiger partial charge is 0.340 e. The number of hydrogen-bond acceptors (Lipinski definition) is 3. The Labute approximate surface area is 123 Å². The second-order valence-electron chi connectivity index (χ2n) is 5.97. The lowest BCUT2D eigenvalue weighted by atomic mass is 9.90. The summed E-state index contributed by atoms with van der Waals surface area (Å²) in [5.41, 5.74) is 1.73. The molecule has 1 saturated heterocycles. The van der Waals surface area contributed by atoms with Gasteiger partial charge in [-0.1, -0.05) is 12.8 Å². The van der Waals surface area contributed by atoms with Crippen LogP contribution in [-0.2, 0) is 16.1 Å². The van der Waals surface area contributed by atoms with Gasteiger partial charge in [-0.05, 0) is 48.6 Å². The van der Waals surface area contributed by atoms with Crippen molar-refractivity contribution < 1.29 is 9.59 Å². The minimum atomic E-state index is -0.618. The first kappa shape index (κ1) is 13.6. The number of carbonyl (C=O) groups excluding carboxylic acids is 2. The molecule has 2 fully saturated rings. The molecule has 0 aromatic carbocycles. The molecule has 0 bridgehead atoms. The molecule has 2 aliphatic rings. The van der Waals surface area contributed by atoms with Crippen LogP contribution in [0.3, 0.4) is 0 Å². The third-order valence-electron chi connectivity index (χ3n) is 4.64. The van der Waals surface area contributed by atoms with Crippen LogP contribution in [0.1, 0.15) is 43.7 Å². The van der Waals surface area contributed by atoms with E-state index in [1.165, 1.54) is 5.56 Å². The summed E-state index contributed by atoms with van der Waals surface area (Å²) in [5, 5.41) is 7.14. The maximum Gasteiger partial charge on any atom is 0.249 e. The van der Waals surface area contributed by atoms with Crippen LogP contribution in [-0.4, -0.2) is 28.3 Å². The summed E-state index contributed by atoms with van der Waals surface area (Å²) in [4.78, 5) is 26.8. The summed E-state index contributed by atoms with van der Waals surface area (Å²) in [5.74, 6) is 0.0899. The molecule has 1 aromatic heterocycles. The van der Waals surface area contributed by atoms with Crippen LogP contribution in [0.2, 0.25) is 0 Å². The number of piperazine rings is 1. The molecule has 4 nitrogen and oxygen atoms in total. The summed E-state index contributed by atoms with van der Waals surface area (Å²) in [6, 6.07) is -0.381. The van der Waals surface area contributed by atoms with Crippen molar-refractivity contribution in [2.75, 3.05) is 0 Å². The normalized spacial score (nSPS) is 25.3. The Morgan fingerprint density at radius 1 is 1.35 bits per heavy atom. The summed E-state index contributed by atoms with van der Waals surface area (Å²) in [7, 11) is 0. The monoisotopic (exact) mass is 292 g/mol. The molecular weight excluding hydrogens is 272 g/mol. The molecule has 1 saturated carbocycles. The van der Waals surface area contributed by atoms with E-state index in [2.05, 4.69) is 23.0 Å². The Hall–Kier alpha value is -1.36. The predicted molar refractivity (Wildman–Crippen MR) is 78.4 cm³/mol. The first-order valence-corrected chi connectivity index (χ1v) is 8.12. The fourth-order valence-electron chi connectivity index (χ4n) is 3.24. The van der Waals surface area contributed by atoms with E-state index in [1.807, 2.05) is 6.92 Å². The molecular formula is C15H20N2O2S. The Bertz CT molecular complexity index is 546. The third kappa shape index (κ3) is 2.04. The van der Waals surface area contributed by atoms with Gasteiger partial charge in [-0.25, -0.2) is 0 Å². The van der Waals surface area contributed by atoms with Crippen LogP contribution in [0.25, 0.3) is 0 Å². The molecule has 3 rings (SSSR count). The number of aryl methyl sites for hydroxylation is 1. The van der Waals surface area contributed by atoms with E-state index in [4.69, 9.17) is 0 Å². The van der Waals surface area contributed by atoms with Gasteiger partial charge < -0.3 is 10.2 Å². The van der Waals surface area contributed by atoms with Gasteiger partial charge >= 0.3 is 0 Å². The highest BCUT2D eigenvalue weighted by Gasteiger charge is 2.50. The molecule has 5 heteroatoms. The van der Waals surface area contributed by atoms with Crippen LogP contribution in [0.15, 0.2) is 10.8 Å². The Balaban J connectivity index is 1.89. The number of thiophene rings is 1. The smallest absolute Gasteiger partial charge is 0.249 e. The summed E-state index contributed by atoms with van der Waals surface area (Å²) < 4.78 is 0. The van der Waals surface area contributed by atoms with Crippen molar-refractivity contribution in [3.05, 3.63) is 21.9 Å². The molecule has 1 aliphatic heterocycles. The molecule has 1 aromatic rings. The Morgan fingerprint density at radius 2 is 2.05 bits per heavy atom. The van der Waals surface area contributed by atoms with E-state index in [1.54, 1.807) is 16.2 Å². The van der Waals surface area contributed by atoms with Gasteiger partial charge in [0.1, 0.15) is 11.6 Å². The fraction of sp³-hybridized carbons (Fsp3) is 0.600. The predicted octanol–water partition coefficient (Wildman–Crippen LogP) is 2.22. The Kier molecular flexibility index (Phi) is 3.32. The number of amides is 2. The number of carbonyl (C=O) groups is 2. The van der Waals surface area contributed by atoms with Gasteiger partial charge in [0.2, 0.25) is 11.8 Å². The van der Waals surface area contributed by atoms with Crippen molar-refractivity contribution in [1.82, 2.24) is 10.2 Å². The van der Waals surface area contributed by atoms with Crippen LogP contribution >= 0.6 is 11.3 Å². The van der Waals surface area contributed by atoms with Gasteiger partial charge in [-0.3, -0.25) is 9.59 Å². The van der Waals surface area contributed by atoms with Crippen molar-refractivity contribution in [2.24, 2.45) is 0 Å². The summed E-state index contributed by atoms with van der Waals surface area (Å²) >= 11 is 1.64. The highest BCUT2D eigenvalue weighted by molar-refractivity contribution is 7.08. The van der Waals surface area contributed by atoms with Gasteiger partial charge in [-0.2, -0.15) is 11.3 Å². The maximum absolute atomic E-state index is 12.9. The van der Waals surface area contributed by atoms with E-state index in [0.717, 1.165) is 31.2 Å². The molecule has 0 radical (unpaired) electrons. The van der Waals surface area contributed by atoms with Crippen LogP contribution in [0.5, 0.6) is 0 Å². The lowest BCUT2D eigenvalue weighted by Gasteiger charge is -2.43. The van der Waals surface area contributed by atoms with Crippen molar-refractivity contribution in [2.45, 2.75) is 57.7 Å². The van der Waals surface area contributed by atoms with Gasteiger partial charge in [0.05, 0.1) is 0 Å². The average Bonchev–Trinajstić information content (AvgIpc) is 3.03. The molecule has 20 heavy (non-hydrogen) atoms. The zero-order valence-electron chi connectivity index (χ0n) is 11.9. The standard InChI is InChI=1S/C15H20N2O2S/c1-10-8-20-9-12(10)7-17-11(2)13(18)16-15(14(17)19)5-3-4-6-15/h8-9,11H,3-7H2,1-2H3,(H,16,18). The highest BCUT2D eigenvalue weighted by Crippen LogP contribution is 2.35. The van der Waals surface area contributed by atoms with E-state index < -0.39 is 5.54 Å². The SMILES string of the molecule is Cc1cscc1CN1C(=O)C2(CCCC2)NC(=O)C1C. The molecule has 1 atom stereocenters. The maximum atomic E-state index is 12.9. The van der Waals surface area contributed by atoms with E-state index in [-0.39, 0.29) is 17.9 Å². The average molecular weight is 292 g/mol. The van der Waals surface area contributed by atoms with E-state index >= 15 is 0 Å². The number of hydrogen-bond donors (Lipinski definition) is 1. The fourth-order valence-corrected chi connectivity index (χ4v) is 4.09. The molecule has 108 valence electrons. The molecule has 1 N–H and O–H groups in total. The molecule has 2 amide bonds. The number of nitrogens with one attached hydrogen (secondary N) is 1. The summed E-state index contributed by atoms with van der Waals surface area (Å²) in [6.07, 6.45) is 3.60. The van der Waals surface area contributed by atoms with E-state index in [0.29, 0.717) is 6.54 Å². The highest BCUT2D eigenvalue weighted by atomic mass is 32.1.